The van der Waals surface area contributed by atoms with Crippen molar-refractivity contribution in [2.75, 3.05) is 13.9 Å². The number of hydrogen-bond donors (Lipinski definition) is 0. The van der Waals surface area contributed by atoms with Crippen molar-refractivity contribution < 1.29 is 14.3 Å². The van der Waals surface area contributed by atoms with E-state index in [-0.39, 0.29) is 12.7 Å². The van der Waals surface area contributed by atoms with Gasteiger partial charge in [0.2, 0.25) is 0 Å². The molecule has 0 aromatic heterocycles. The maximum Gasteiger partial charge on any atom is 0.147 e. The Morgan fingerprint density at radius 3 is 2.61 bits per heavy atom. The zero-order valence-corrected chi connectivity index (χ0v) is 11.0. The molecule has 0 heterocycles. The molecule has 2 rings (SSSR count). The van der Waals surface area contributed by atoms with Crippen LogP contribution in [0, 0.1) is 5.92 Å². The van der Waals surface area contributed by atoms with E-state index in [0.29, 0.717) is 18.6 Å². The Bertz CT molecular complexity index is 401. The van der Waals surface area contributed by atoms with Gasteiger partial charge in [0.1, 0.15) is 12.6 Å². The van der Waals surface area contributed by atoms with E-state index >= 15 is 0 Å². The highest BCUT2D eigenvalue weighted by molar-refractivity contribution is 5.80. The second-order valence-electron chi connectivity index (χ2n) is 5.00. The molecule has 18 heavy (non-hydrogen) atoms. The Hall–Kier alpha value is -1.19. The molecular formula is C15H20O3. The van der Waals surface area contributed by atoms with Crippen LogP contribution in [0.4, 0.5) is 0 Å². The number of ether oxygens (including phenoxy) is 2. The maximum atomic E-state index is 11.5. The Labute approximate surface area is 108 Å². The van der Waals surface area contributed by atoms with Gasteiger partial charge in [-0.25, -0.2) is 0 Å². The molecule has 3 nitrogen and oxygen atoms in total. The molecular weight excluding hydrogens is 228 g/mol. The monoisotopic (exact) mass is 248 g/mol. The summed E-state index contributed by atoms with van der Waals surface area (Å²) in [6.07, 6.45) is 2.17. The zero-order valence-electron chi connectivity index (χ0n) is 11.0. The summed E-state index contributed by atoms with van der Waals surface area (Å²) < 4.78 is 11.0. The van der Waals surface area contributed by atoms with Gasteiger partial charge in [-0.1, -0.05) is 30.3 Å². The van der Waals surface area contributed by atoms with Crippen molar-refractivity contribution in [2.45, 2.75) is 31.8 Å². The van der Waals surface area contributed by atoms with E-state index in [4.69, 9.17) is 9.47 Å². The Morgan fingerprint density at radius 2 is 2.06 bits per heavy atom. The summed E-state index contributed by atoms with van der Waals surface area (Å²) in [5, 5.41) is 0. The molecule has 0 amide bonds. The zero-order chi connectivity index (χ0) is 13.0. The molecule has 0 saturated heterocycles. The summed E-state index contributed by atoms with van der Waals surface area (Å²) in [5.41, 5.74) is 0.672. The lowest BCUT2D eigenvalue weighted by atomic mass is 9.81. The van der Waals surface area contributed by atoms with Crippen molar-refractivity contribution in [1.82, 2.24) is 0 Å². The summed E-state index contributed by atoms with van der Waals surface area (Å²) in [7, 11) is 1.62. The highest BCUT2D eigenvalue weighted by Crippen LogP contribution is 2.41. The summed E-state index contributed by atoms with van der Waals surface area (Å²) in [4.78, 5) is 11.5. The lowest BCUT2D eigenvalue weighted by Gasteiger charge is -2.35. The van der Waals surface area contributed by atoms with Crippen molar-refractivity contribution in [1.29, 1.82) is 0 Å². The molecule has 0 bridgehead atoms. The average molecular weight is 248 g/mol. The van der Waals surface area contributed by atoms with Crippen molar-refractivity contribution in [3.05, 3.63) is 35.9 Å². The number of hydrogen-bond acceptors (Lipinski definition) is 3. The molecule has 2 atom stereocenters. The first-order valence-electron chi connectivity index (χ1n) is 6.37. The quantitative estimate of drug-likeness (QED) is 0.752. The van der Waals surface area contributed by atoms with E-state index in [2.05, 4.69) is 19.1 Å². The minimum atomic E-state index is -0.441. The summed E-state index contributed by atoms with van der Waals surface area (Å²) in [6.45, 7) is 2.31. The van der Waals surface area contributed by atoms with Gasteiger partial charge >= 0.3 is 0 Å². The van der Waals surface area contributed by atoms with Crippen LogP contribution in [-0.2, 0) is 19.9 Å². The van der Waals surface area contributed by atoms with E-state index < -0.39 is 5.60 Å². The van der Waals surface area contributed by atoms with Crippen LogP contribution in [0.2, 0.25) is 0 Å². The molecule has 1 aromatic carbocycles. The lowest BCUT2D eigenvalue weighted by molar-refractivity contribution is -0.153. The fourth-order valence-corrected chi connectivity index (χ4v) is 2.67. The number of benzene rings is 1. The minimum absolute atomic E-state index is 0.238. The topological polar surface area (TPSA) is 35.5 Å². The third kappa shape index (κ3) is 2.62. The summed E-state index contributed by atoms with van der Waals surface area (Å²) in [6, 6.07) is 10.1. The van der Waals surface area contributed by atoms with Gasteiger partial charge in [-0.2, -0.15) is 0 Å². The maximum absolute atomic E-state index is 11.5. The number of ketones is 1. The van der Waals surface area contributed by atoms with E-state index in [9.17, 15) is 4.79 Å². The smallest absolute Gasteiger partial charge is 0.147 e. The average Bonchev–Trinajstić information content (AvgIpc) is 2.84. The first kappa shape index (κ1) is 13.2. The number of Topliss-reactive ketones (excluding diaryl/α,β-unsaturated/α-hetero) is 1. The standard InChI is InChI=1S/C15H20O3/c1-15(18-11-17-2,12-6-4-3-5-7-12)13-8-9-14(16)10-13/h3-7,13H,8-11H2,1-2H3. The molecule has 2 unspecified atom stereocenters. The van der Waals surface area contributed by atoms with Crippen LogP contribution in [0.25, 0.3) is 0 Å². The first-order valence-corrected chi connectivity index (χ1v) is 6.37. The van der Waals surface area contributed by atoms with Gasteiger partial charge in [-0.05, 0) is 24.8 Å². The molecule has 98 valence electrons. The van der Waals surface area contributed by atoms with Gasteiger partial charge in [0.25, 0.3) is 0 Å². The third-order valence-corrected chi connectivity index (χ3v) is 3.85. The van der Waals surface area contributed by atoms with E-state index in [1.807, 2.05) is 18.2 Å². The fraction of sp³-hybridized carbons (Fsp3) is 0.533. The van der Waals surface area contributed by atoms with Gasteiger partial charge in [0, 0.05) is 20.0 Å². The number of carbonyl (C=O) groups is 1. The van der Waals surface area contributed by atoms with Crippen LogP contribution < -0.4 is 0 Å². The molecule has 1 aliphatic carbocycles. The van der Waals surface area contributed by atoms with Crippen LogP contribution >= 0.6 is 0 Å². The van der Waals surface area contributed by atoms with E-state index in [1.54, 1.807) is 7.11 Å². The van der Waals surface area contributed by atoms with Crippen LogP contribution in [0.15, 0.2) is 30.3 Å². The van der Waals surface area contributed by atoms with Gasteiger partial charge in [0.15, 0.2) is 0 Å². The molecule has 0 radical (unpaired) electrons. The fourth-order valence-electron chi connectivity index (χ4n) is 2.67. The molecule has 0 aliphatic heterocycles. The van der Waals surface area contributed by atoms with E-state index in [0.717, 1.165) is 12.0 Å². The van der Waals surface area contributed by atoms with Gasteiger partial charge in [-0.15, -0.1) is 0 Å². The number of carbonyl (C=O) groups excluding carboxylic acids is 1. The van der Waals surface area contributed by atoms with Crippen molar-refractivity contribution in [2.24, 2.45) is 5.92 Å². The largest absolute Gasteiger partial charge is 0.359 e. The van der Waals surface area contributed by atoms with E-state index in [1.165, 1.54) is 0 Å². The van der Waals surface area contributed by atoms with Crippen molar-refractivity contribution >= 4 is 5.78 Å². The van der Waals surface area contributed by atoms with Crippen LogP contribution in [-0.4, -0.2) is 19.7 Å². The molecule has 1 aromatic rings. The Balaban J connectivity index is 2.25. The Kier molecular flexibility index (Phi) is 4.15. The summed E-state index contributed by atoms with van der Waals surface area (Å²) >= 11 is 0. The molecule has 1 aliphatic rings. The molecule has 1 saturated carbocycles. The van der Waals surface area contributed by atoms with Gasteiger partial charge in [-0.3, -0.25) is 4.79 Å². The predicted octanol–water partition coefficient (Wildman–Crippen LogP) is 2.89. The van der Waals surface area contributed by atoms with Crippen LogP contribution in [0.3, 0.4) is 0 Å². The number of rotatable bonds is 5. The van der Waals surface area contributed by atoms with Gasteiger partial charge < -0.3 is 9.47 Å². The van der Waals surface area contributed by atoms with Crippen molar-refractivity contribution in [3.63, 3.8) is 0 Å². The molecule has 0 spiro atoms. The molecule has 1 fully saturated rings. The minimum Gasteiger partial charge on any atom is -0.359 e. The lowest BCUT2D eigenvalue weighted by Crippen LogP contribution is -2.34. The summed E-state index contributed by atoms with van der Waals surface area (Å²) in [5.74, 6) is 0.575. The molecule has 3 heteroatoms. The van der Waals surface area contributed by atoms with Crippen LogP contribution in [0.1, 0.15) is 31.7 Å². The highest BCUT2D eigenvalue weighted by atomic mass is 16.7. The highest BCUT2D eigenvalue weighted by Gasteiger charge is 2.41. The normalized spacial score (nSPS) is 23.0. The number of methoxy groups -OCH3 is 1. The van der Waals surface area contributed by atoms with Gasteiger partial charge in [0.05, 0.1) is 5.60 Å². The first-order chi connectivity index (χ1) is 8.66. The second-order valence-corrected chi connectivity index (χ2v) is 5.00. The SMILES string of the molecule is COCOC(C)(c1ccccc1)C1CCC(=O)C1. The van der Waals surface area contributed by atoms with Crippen LogP contribution in [0.5, 0.6) is 0 Å². The molecule has 0 N–H and O–H groups in total. The predicted molar refractivity (Wildman–Crippen MR) is 69.1 cm³/mol. The van der Waals surface area contributed by atoms with Crippen molar-refractivity contribution in [3.8, 4) is 0 Å². The second kappa shape index (κ2) is 5.63. The third-order valence-electron chi connectivity index (χ3n) is 3.85. The Morgan fingerprint density at radius 1 is 1.33 bits per heavy atom.